The largest absolute Gasteiger partial charge is 0.495 e. The summed E-state index contributed by atoms with van der Waals surface area (Å²) >= 11 is 7.42. The van der Waals surface area contributed by atoms with E-state index >= 15 is 0 Å². The number of hydrogen-bond donors (Lipinski definition) is 1. The Hall–Kier alpha value is -3.56. The number of benzene rings is 2. The van der Waals surface area contributed by atoms with E-state index in [9.17, 15) is 14.9 Å². The zero-order valence-electron chi connectivity index (χ0n) is 18.9. The summed E-state index contributed by atoms with van der Waals surface area (Å²) in [6, 6.07) is 11.8. The highest BCUT2D eigenvalue weighted by Crippen LogP contribution is 2.34. The van der Waals surface area contributed by atoms with Crippen LogP contribution in [0.4, 0.5) is 11.4 Å². The highest BCUT2D eigenvalue weighted by atomic mass is 35.5. The summed E-state index contributed by atoms with van der Waals surface area (Å²) in [6.07, 6.45) is 1.79. The standard InChI is InChI=1S/C24H21ClN4O4S/c1-13-10-16(15(3)28(13)20-12-17(29(31)32)8-9-21(20)33-4)11-22-23(30)27-24(34-22)26-19-7-5-6-18(25)14(19)2/h5-12H,1-4H3,(H,26,27,30)/b22-11+. The fraction of sp³-hybridized carbons (Fsp3) is 0.167. The maximum Gasteiger partial charge on any atom is 0.271 e. The third-order valence-electron chi connectivity index (χ3n) is 5.48. The highest BCUT2D eigenvalue weighted by Gasteiger charge is 2.25. The summed E-state index contributed by atoms with van der Waals surface area (Å²) in [7, 11) is 1.52. The Balaban J connectivity index is 1.71. The van der Waals surface area contributed by atoms with Crippen molar-refractivity contribution in [3.63, 3.8) is 0 Å². The molecular formula is C24H21ClN4O4S. The molecule has 0 bridgehead atoms. The Kier molecular flexibility index (Phi) is 6.49. The van der Waals surface area contributed by atoms with Crippen LogP contribution < -0.4 is 10.1 Å². The molecule has 2 aromatic carbocycles. The average molecular weight is 497 g/mol. The van der Waals surface area contributed by atoms with E-state index in [1.54, 1.807) is 18.2 Å². The fourth-order valence-corrected chi connectivity index (χ4v) is 4.71. The molecule has 0 aliphatic carbocycles. The number of amides is 1. The van der Waals surface area contributed by atoms with Crippen molar-refractivity contribution >= 4 is 51.9 Å². The van der Waals surface area contributed by atoms with Gasteiger partial charge in [-0.2, -0.15) is 0 Å². The van der Waals surface area contributed by atoms with Crippen molar-refractivity contribution in [3.05, 3.63) is 85.0 Å². The van der Waals surface area contributed by atoms with Crippen LogP contribution in [0, 0.1) is 30.9 Å². The number of aryl methyl sites for hydroxylation is 1. The van der Waals surface area contributed by atoms with Crippen molar-refractivity contribution in [1.29, 1.82) is 0 Å². The van der Waals surface area contributed by atoms with Gasteiger partial charge in [-0.15, -0.1) is 0 Å². The lowest BCUT2D eigenvalue weighted by Gasteiger charge is -2.13. The van der Waals surface area contributed by atoms with Crippen LogP contribution in [0.3, 0.4) is 0 Å². The monoisotopic (exact) mass is 496 g/mol. The maximum absolute atomic E-state index is 12.6. The van der Waals surface area contributed by atoms with Crippen LogP contribution >= 0.6 is 23.4 Å². The molecule has 2 heterocycles. The molecular weight excluding hydrogens is 476 g/mol. The zero-order valence-corrected chi connectivity index (χ0v) is 20.5. The number of carbonyl (C=O) groups excluding carboxylic acids is 1. The van der Waals surface area contributed by atoms with Crippen molar-refractivity contribution in [2.45, 2.75) is 20.8 Å². The van der Waals surface area contributed by atoms with Gasteiger partial charge in [-0.1, -0.05) is 17.7 Å². The molecule has 1 aliphatic heterocycles. The van der Waals surface area contributed by atoms with E-state index in [2.05, 4.69) is 10.3 Å². The summed E-state index contributed by atoms with van der Waals surface area (Å²) in [4.78, 5) is 28.5. The van der Waals surface area contributed by atoms with E-state index < -0.39 is 4.92 Å². The van der Waals surface area contributed by atoms with Gasteiger partial charge in [0, 0.05) is 28.5 Å². The molecule has 1 amide bonds. The number of rotatable bonds is 5. The van der Waals surface area contributed by atoms with Crippen LogP contribution in [0.25, 0.3) is 11.8 Å². The first kappa shape index (κ1) is 23.6. The third kappa shape index (κ3) is 4.44. The predicted molar refractivity (Wildman–Crippen MR) is 135 cm³/mol. The van der Waals surface area contributed by atoms with Crippen LogP contribution in [0.15, 0.2) is 52.4 Å². The van der Waals surface area contributed by atoms with Crippen molar-refractivity contribution in [1.82, 2.24) is 9.88 Å². The lowest BCUT2D eigenvalue weighted by atomic mass is 10.2. The number of methoxy groups -OCH3 is 1. The number of thioether (sulfide) groups is 1. The minimum absolute atomic E-state index is 0.0360. The topological polar surface area (TPSA) is 98.8 Å². The van der Waals surface area contributed by atoms with Crippen LogP contribution in [-0.4, -0.2) is 27.7 Å². The molecule has 174 valence electrons. The fourth-order valence-electron chi connectivity index (χ4n) is 3.72. The molecule has 0 saturated carbocycles. The number of halogens is 1. The number of aromatic nitrogens is 1. The second-order valence-corrected chi connectivity index (χ2v) is 9.08. The Morgan fingerprint density at radius 3 is 2.68 bits per heavy atom. The molecule has 0 spiro atoms. The van der Waals surface area contributed by atoms with E-state index in [1.807, 2.05) is 43.5 Å². The van der Waals surface area contributed by atoms with Gasteiger partial charge in [-0.25, -0.2) is 4.99 Å². The van der Waals surface area contributed by atoms with Gasteiger partial charge < -0.3 is 14.6 Å². The minimum atomic E-state index is -0.442. The van der Waals surface area contributed by atoms with Gasteiger partial charge >= 0.3 is 0 Å². The number of carbonyl (C=O) groups is 1. The molecule has 1 N–H and O–H groups in total. The molecule has 1 aliphatic rings. The van der Waals surface area contributed by atoms with E-state index in [-0.39, 0.29) is 11.6 Å². The molecule has 34 heavy (non-hydrogen) atoms. The molecule has 0 radical (unpaired) electrons. The van der Waals surface area contributed by atoms with Crippen molar-refractivity contribution in [2.24, 2.45) is 4.99 Å². The van der Waals surface area contributed by atoms with Crippen LogP contribution in [0.2, 0.25) is 5.02 Å². The second kappa shape index (κ2) is 9.36. The summed E-state index contributed by atoms with van der Waals surface area (Å²) in [5.74, 6) is 0.257. The number of hydrogen-bond acceptors (Lipinski definition) is 6. The first-order chi connectivity index (χ1) is 16.2. The number of nitro groups is 1. The van der Waals surface area contributed by atoms with Crippen LogP contribution in [0.1, 0.15) is 22.5 Å². The van der Waals surface area contributed by atoms with Gasteiger partial charge in [-0.3, -0.25) is 14.9 Å². The number of ether oxygens (including phenoxy) is 1. The molecule has 1 aromatic heterocycles. The van der Waals surface area contributed by atoms with Crippen LogP contribution in [-0.2, 0) is 4.79 Å². The highest BCUT2D eigenvalue weighted by molar-refractivity contribution is 8.18. The van der Waals surface area contributed by atoms with Gasteiger partial charge in [0.25, 0.3) is 11.6 Å². The number of non-ortho nitro benzene ring substituents is 1. The Bertz CT molecular complexity index is 1390. The number of amidine groups is 1. The first-order valence-electron chi connectivity index (χ1n) is 10.3. The molecule has 10 heteroatoms. The van der Waals surface area contributed by atoms with E-state index in [1.165, 1.54) is 31.0 Å². The SMILES string of the molecule is COc1ccc([N+](=O)[O-])cc1-n1c(C)cc(/C=C2/SC(=Nc3cccc(Cl)c3C)NC2=O)c1C. The molecule has 8 nitrogen and oxygen atoms in total. The zero-order chi connectivity index (χ0) is 24.6. The second-order valence-electron chi connectivity index (χ2n) is 7.64. The van der Waals surface area contributed by atoms with Gasteiger partial charge in [0.15, 0.2) is 5.17 Å². The Labute approximate surface area is 205 Å². The summed E-state index contributed by atoms with van der Waals surface area (Å²) in [5, 5.41) is 15.2. The van der Waals surface area contributed by atoms with Crippen molar-refractivity contribution in [3.8, 4) is 11.4 Å². The Morgan fingerprint density at radius 2 is 1.97 bits per heavy atom. The van der Waals surface area contributed by atoms with Crippen molar-refractivity contribution < 1.29 is 14.5 Å². The predicted octanol–water partition coefficient (Wildman–Crippen LogP) is 5.86. The number of aliphatic imine (C=N–C) groups is 1. The molecule has 1 saturated heterocycles. The van der Waals surface area contributed by atoms with Crippen molar-refractivity contribution in [2.75, 3.05) is 7.11 Å². The third-order valence-corrected chi connectivity index (χ3v) is 6.80. The van der Waals surface area contributed by atoms with Gasteiger partial charge in [0.1, 0.15) is 5.75 Å². The quantitative estimate of drug-likeness (QED) is 0.271. The molecule has 3 aromatic rings. The van der Waals surface area contributed by atoms with E-state index in [0.717, 1.165) is 22.5 Å². The van der Waals surface area contributed by atoms with Crippen LogP contribution in [0.5, 0.6) is 5.75 Å². The number of nitrogens with one attached hydrogen (secondary N) is 1. The van der Waals surface area contributed by atoms with Gasteiger partial charge in [0.05, 0.1) is 28.3 Å². The molecule has 0 atom stereocenters. The first-order valence-corrected chi connectivity index (χ1v) is 11.5. The Morgan fingerprint density at radius 1 is 1.21 bits per heavy atom. The smallest absolute Gasteiger partial charge is 0.271 e. The maximum atomic E-state index is 12.6. The summed E-state index contributed by atoms with van der Waals surface area (Å²) in [5.41, 5.74) is 4.50. The molecule has 0 unspecified atom stereocenters. The lowest BCUT2D eigenvalue weighted by molar-refractivity contribution is -0.384. The molecule has 4 rings (SSSR count). The van der Waals surface area contributed by atoms with E-state index in [0.29, 0.717) is 32.2 Å². The van der Waals surface area contributed by atoms with Gasteiger partial charge in [-0.05, 0) is 74.0 Å². The van der Waals surface area contributed by atoms with Gasteiger partial charge in [0.2, 0.25) is 0 Å². The average Bonchev–Trinajstić information content (AvgIpc) is 3.28. The normalized spacial score (nSPS) is 15.7. The summed E-state index contributed by atoms with van der Waals surface area (Å²) in [6.45, 7) is 5.65. The number of nitrogens with zero attached hydrogens (tertiary/aromatic N) is 3. The summed E-state index contributed by atoms with van der Waals surface area (Å²) < 4.78 is 7.32. The van der Waals surface area contributed by atoms with E-state index in [4.69, 9.17) is 16.3 Å². The minimum Gasteiger partial charge on any atom is -0.495 e. The lowest BCUT2D eigenvalue weighted by Crippen LogP contribution is -2.19. The number of nitro benzene ring substituents is 1. The molecule has 1 fully saturated rings.